The fourth-order valence-electron chi connectivity index (χ4n) is 2.49. The van der Waals surface area contributed by atoms with Gasteiger partial charge in [0, 0.05) is 29.1 Å². The average Bonchev–Trinajstić information content (AvgIpc) is 3.08. The summed E-state index contributed by atoms with van der Waals surface area (Å²) in [5.41, 5.74) is 9.75. The molecule has 1 amide bonds. The highest BCUT2D eigenvalue weighted by atomic mass is 32.1. The SMILES string of the molecule is CCCNC(=O)c1ncc2c(-c3ncsc3C#N)cccc2c1N. The maximum atomic E-state index is 12.2. The van der Waals surface area contributed by atoms with Crippen LogP contribution >= 0.6 is 11.3 Å². The lowest BCUT2D eigenvalue weighted by Crippen LogP contribution is -2.26. The summed E-state index contributed by atoms with van der Waals surface area (Å²) in [6, 6.07) is 7.69. The van der Waals surface area contributed by atoms with Gasteiger partial charge in [-0.2, -0.15) is 5.26 Å². The van der Waals surface area contributed by atoms with E-state index in [1.807, 2.05) is 25.1 Å². The van der Waals surface area contributed by atoms with Gasteiger partial charge in [-0.1, -0.05) is 25.1 Å². The summed E-state index contributed by atoms with van der Waals surface area (Å²) in [5, 5.41) is 13.5. The van der Waals surface area contributed by atoms with Gasteiger partial charge in [0.05, 0.1) is 16.9 Å². The molecular weight excluding hydrogens is 322 g/mol. The third-order valence-corrected chi connectivity index (χ3v) is 4.38. The van der Waals surface area contributed by atoms with Crippen molar-refractivity contribution >= 4 is 33.7 Å². The van der Waals surface area contributed by atoms with Gasteiger partial charge in [0.25, 0.3) is 5.91 Å². The van der Waals surface area contributed by atoms with Gasteiger partial charge in [0.2, 0.25) is 0 Å². The minimum atomic E-state index is -0.284. The van der Waals surface area contributed by atoms with E-state index in [0.29, 0.717) is 22.8 Å². The van der Waals surface area contributed by atoms with E-state index in [2.05, 4.69) is 21.4 Å². The third-order valence-electron chi connectivity index (χ3n) is 3.65. The first-order chi connectivity index (χ1) is 11.7. The van der Waals surface area contributed by atoms with Crippen molar-refractivity contribution in [1.82, 2.24) is 15.3 Å². The minimum Gasteiger partial charge on any atom is -0.396 e. The van der Waals surface area contributed by atoms with Crippen molar-refractivity contribution in [2.45, 2.75) is 13.3 Å². The number of nitrogen functional groups attached to an aromatic ring is 1. The summed E-state index contributed by atoms with van der Waals surface area (Å²) in [6.07, 6.45) is 2.45. The van der Waals surface area contributed by atoms with E-state index in [-0.39, 0.29) is 11.6 Å². The summed E-state index contributed by atoms with van der Waals surface area (Å²) < 4.78 is 0. The molecule has 2 aromatic heterocycles. The Bertz CT molecular complexity index is 957. The predicted molar refractivity (Wildman–Crippen MR) is 94.6 cm³/mol. The van der Waals surface area contributed by atoms with Gasteiger partial charge in [-0.25, -0.2) is 9.97 Å². The Hall–Kier alpha value is -2.98. The van der Waals surface area contributed by atoms with Crippen LogP contribution in [-0.4, -0.2) is 22.4 Å². The van der Waals surface area contributed by atoms with Crippen molar-refractivity contribution in [1.29, 1.82) is 5.26 Å². The van der Waals surface area contributed by atoms with Crippen LogP contribution in [0.1, 0.15) is 28.7 Å². The lowest BCUT2D eigenvalue weighted by Gasteiger charge is -2.11. The van der Waals surface area contributed by atoms with E-state index in [1.54, 1.807) is 11.7 Å². The topological polar surface area (TPSA) is 105 Å². The second kappa shape index (κ2) is 6.64. The Balaban J connectivity index is 2.15. The lowest BCUT2D eigenvalue weighted by molar-refractivity contribution is 0.0950. The van der Waals surface area contributed by atoms with Gasteiger partial charge in [-0.15, -0.1) is 11.3 Å². The number of amides is 1. The average molecular weight is 337 g/mol. The number of nitrogens with one attached hydrogen (secondary N) is 1. The lowest BCUT2D eigenvalue weighted by atomic mass is 10.0. The molecule has 0 fully saturated rings. The standard InChI is InChI=1S/C17H15N5OS/c1-2-6-20-17(23)16-14(19)10-4-3-5-11(12(10)8-21-16)15-13(7-18)24-9-22-15/h3-5,8-9H,2,6,19H2,1H3,(H,20,23). The van der Waals surface area contributed by atoms with Gasteiger partial charge in [0.1, 0.15) is 10.9 Å². The zero-order valence-electron chi connectivity index (χ0n) is 13.0. The molecule has 0 aliphatic rings. The molecule has 0 atom stereocenters. The van der Waals surface area contributed by atoms with Crippen molar-refractivity contribution in [3.05, 3.63) is 40.5 Å². The molecule has 0 aliphatic heterocycles. The fraction of sp³-hybridized carbons (Fsp3) is 0.176. The van der Waals surface area contributed by atoms with Gasteiger partial charge < -0.3 is 11.1 Å². The maximum Gasteiger partial charge on any atom is 0.272 e. The van der Waals surface area contributed by atoms with E-state index in [4.69, 9.17) is 5.73 Å². The summed E-state index contributed by atoms with van der Waals surface area (Å²) in [4.78, 5) is 21.2. The molecule has 6 nitrogen and oxygen atoms in total. The number of nitrogens with zero attached hydrogens (tertiary/aromatic N) is 3. The number of benzene rings is 1. The molecule has 0 bridgehead atoms. The number of hydrogen-bond acceptors (Lipinski definition) is 6. The normalized spacial score (nSPS) is 10.5. The fourth-order valence-corrected chi connectivity index (χ4v) is 3.08. The van der Waals surface area contributed by atoms with E-state index >= 15 is 0 Å². The van der Waals surface area contributed by atoms with Crippen LogP contribution in [0.5, 0.6) is 0 Å². The number of carbonyl (C=O) groups is 1. The zero-order valence-corrected chi connectivity index (χ0v) is 13.9. The number of pyridine rings is 1. The van der Waals surface area contributed by atoms with Crippen molar-refractivity contribution in [2.75, 3.05) is 12.3 Å². The summed E-state index contributed by atoms with van der Waals surface area (Å²) in [7, 11) is 0. The second-order valence-corrected chi connectivity index (χ2v) is 6.04. The Morgan fingerprint density at radius 3 is 2.96 bits per heavy atom. The first-order valence-corrected chi connectivity index (χ1v) is 8.34. The number of fused-ring (bicyclic) bond motifs is 1. The number of rotatable bonds is 4. The molecule has 1 aromatic carbocycles. The third kappa shape index (κ3) is 2.68. The Morgan fingerprint density at radius 1 is 1.38 bits per heavy atom. The number of hydrogen-bond donors (Lipinski definition) is 2. The minimum absolute atomic E-state index is 0.215. The van der Waals surface area contributed by atoms with E-state index in [9.17, 15) is 10.1 Å². The Kier molecular flexibility index (Phi) is 4.40. The summed E-state index contributed by atoms with van der Waals surface area (Å²) >= 11 is 1.29. The van der Waals surface area contributed by atoms with Crippen LogP contribution in [0.15, 0.2) is 29.9 Å². The van der Waals surface area contributed by atoms with Gasteiger partial charge in [-0.3, -0.25) is 4.79 Å². The van der Waals surface area contributed by atoms with E-state index in [0.717, 1.165) is 22.8 Å². The summed E-state index contributed by atoms with van der Waals surface area (Å²) in [6.45, 7) is 2.55. The van der Waals surface area contributed by atoms with Crippen LogP contribution in [-0.2, 0) is 0 Å². The van der Waals surface area contributed by atoms with E-state index in [1.165, 1.54) is 11.3 Å². The van der Waals surface area contributed by atoms with Crippen molar-refractivity contribution in [3.8, 4) is 17.3 Å². The highest BCUT2D eigenvalue weighted by molar-refractivity contribution is 7.10. The molecule has 0 saturated carbocycles. The molecule has 24 heavy (non-hydrogen) atoms. The Morgan fingerprint density at radius 2 is 2.21 bits per heavy atom. The molecule has 3 N–H and O–H groups in total. The number of nitrogens with two attached hydrogens (primary N) is 1. The van der Waals surface area contributed by atoms with Crippen LogP contribution in [0.4, 0.5) is 5.69 Å². The van der Waals surface area contributed by atoms with Crippen LogP contribution in [0.2, 0.25) is 0 Å². The highest BCUT2D eigenvalue weighted by Crippen LogP contribution is 2.33. The smallest absolute Gasteiger partial charge is 0.272 e. The first kappa shape index (κ1) is 15.9. The number of anilines is 1. The monoisotopic (exact) mass is 337 g/mol. The number of thiazole rings is 1. The molecule has 0 unspecified atom stereocenters. The van der Waals surface area contributed by atoms with Crippen LogP contribution < -0.4 is 11.1 Å². The van der Waals surface area contributed by atoms with Crippen molar-refractivity contribution in [3.63, 3.8) is 0 Å². The molecule has 0 spiro atoms. The van der Waals surface area contributed by atoms with Gasteiger partial charge in [0.15, 0.2) is 5.69 Å². The number of nitriles is 1. The van der Waals surface area contributed by atoms with Crippen LogP contribution in [0.25, 0.3) is 22.0 Å². The number of carbonyl (C=O) groups excluding carboxylic acids is 1. The van der Waals surface area contributed by atoms with Crippen molar-refractivity contribution in [2.24, 2.45) is 0 Å². The van der Waals surface area contributed by atoms with Crippen LogP contribution in [0.3, 0.4) is 0 Å². The quantitative estimate of drug-likeness (QED) is 0.761. The molecule has 0 radical (unpaired) electrons. The molecule has 7 heteroatoms. The number of aromatic nitrogens is 2. The molecule has 2 heterocycles. The van der Waals surface area contributed by atoms with E-state index < -0.39 is 0 Å². The summed E-state index contributed by atoms with van der Waals surface area (Å²) in [5.74, 6) is -0.284. The Labute approximate surface area is 143 Å². The molecule has 0 saturated heterocycles. The second-order valence-electron chi connectivity index (χ2n) is 5.19. The first-order valence-electron chi connectivity index (χ1n) is 7.46. The molecule has 0 aliphatic carbocycles. The van der Waals surface area contributed by atoms with Gasteiger partial charge >= 0.3 is 0 Å². The molecule has 3 rings (SSSR count). The largest absolute Gasteiger partial charge is 0.396 e. The molecule has 3 aromatic rings. The molecule has 120 valence electrons. The van der Waals surface area contributed by atoms with Gasteiger partial charge in [-0.05, 0) is 6.42 Å². The maximum absolute atomic E-state index is 12.2. The van der Waals surface area contributed by atoms with Crippen molar-refractivity contribution < 1.29 is 4.79 Å². The predicted octanol–water partition coefficient (Wildman–Crippen LogP) is 2.95. The molecular formula is C17H15N5OS. The zero-order chi connectivity index (χ0) is 17.1. The van der Waals surface area contributed by atoms with Crippen LogP contribution in [0, 0.1) is 11.3 Å². The highest BCUT2D eigenvalue weighted by Gasteiger charge is 2.17.